The molecule has 1 aliphatic rings. The highest BCUT2D eigenvalue weighted by Gasteiger charge is 2.33. The van der Waals surface area contributed by atoms with Gasteiger partial charge in [0.2, 0.25) is 5.91 Å². The molecule has 3 rings (SSSR count). The van der Waals surface area contributed by atoms with Gasteiger partial charge in [0.1, 0.15) is 0 Å². The molecule has 0 bridgehead atoms. The van der Waals surface area contributed by atoms with Crippen LogP contribution < -0.4 is 5.56 Å². The number of carbonyl (C=O) groups excluding carboxylic acids is 1. The standard InChI is InChI=1S/C20H27N3O4S2/c1-3-5-11-23-19(25)16-8-6-7-9-17(16)21-20(23)28-13-18(24)22(4-2)15-10-12-29(26,27)14-15/h6-9,15H,3-5,10-14H2,1-2H3. The summed E-state index contributed by atoms with van der Waals surface area (Å²) < 4.78 is 25.2. The average molecular weight is 438 g/mol. The zero-order chi connectivity index (χ0) is 21.0. The number of hydrogen-bond acceptors (Lipinski definition) is 6. The summed E-state index contributed by atoms with van der Waals surface area (Å²) in [7, 11) is -3.06. The molecule has 0 N–H and O–H groups in total. The van der Waals surface area contributed by atoms with Crippen LogP contribution >= 0.6 is 11.8 Å². The number of thioether (sulfide) groups is 1. The normalized spacial score (nSPS) is 18.2. The van der Waals surface area contributed by atoms with Crippen LogP contribution in [0.3, 0.4) is 0 Å². The van der Waals surface area contributed by atoms with Gasteiger partial charge in [0.15, 0.2) is 15.0 Å². The first-order valence-electron chi connectivity index (χ1n) is 9.98. The van der Waals surface area contributed by atoms with Crippen molar-refractivity contribution in [3.05, 3.63) is 34.6 Å². The zero-order valence-electron chi connectivity index (χ0n) is 16.8. The van der Waals surface area contributed by atoms with Crippen molar-refractivity contribution in [2.75, 3.05) is 23.8 Å². The Bertz CT molecular complexity index is 1050. The van der Waals surface area contributed by atoms with Gasteiger partial charge in [-0.05, 0) is 31.9 Å². The summed E-state index contributed by atoms with van der Waals surface area (Å²) >= 11 is 1.25. The van der Waals surface area contributed by atoms with Gasteiger partial charge in [-0.3, -0.25) is 14.2 Å². The van der Waals surface area contributed by atoms with Crippen molar-refractivity contribution in [2.45, 2.75) is 50.9 Å². The fraction of sp³-hybridized carbons (Fsp3) is 0.550. The third kappa shape index (κ3) is 5.01. The van der Waals surface area contributed by atoms with E-state index < -0.39 is 9.84 Å². The van der Waals surface area contributed by atoms with Gasteiger partial charge < -0.3 is 4.90 Å². The second-order valence-corrected chi connectivity index (χ2v) is 10.4. The first-order chi connectivity index (χ1) is 13.9. The largest absolute Gasteiger partial charge is 0.338 e. The highest BCUT2D eigenvalue weighted by molar-refractivity contribution is 7.99. The Morgan fingerprint density at radius 1 is 1.31 bits per heavy atom. The van der Waals surface area contributed by atoms with Gasteiger partial charge in [0, 0.05) is 19.1 Å². The molecule has 1 fully saturated rings. The van der Waals surface area contributed by atoms with E-state index in [0.29, 0.717) is 35.6 Å². The Labute approximate surface area is 175 Å². The summed E-state index contributed by atoms with van der Waals surface area (Å²) in [4.78, 5) is 32.0. The van der Waals surface area contributed by atoms with E-state index in [0.717, 1.165) is 12.8 Å². The van der Waals surface area contributed by atoms with Crippen molar-refractivity contribution in [1.29, 1.82) is 0 Å². The number of amides is 1. The smallest absolute Gasteiger partial charge is 0.262 e. The van der Waals surface area contributed by atoms with Crippen LogP contribution in [0.25, 0.3) is 10.9 Å². The van der Waals surface area contributed by atoms with Crippen LogP contribution in [-0.4, -0.2) is 58.6 Å². The number of nitrogens with zero attached hydrogens (tertiary/aromatic N) is 3. The molecule has 1 saturated heterocycles. The highest BCUT2D eigenvalue weighted by atomic mass is 32.2. The lowest BCUT2D eigenvalue weighted by atomic mass is 10.2. The van der Waals surface area contributed by atoms with E-state index >= 15 is 0 Å². The Morgan fingerprint density at radius 2 is 2.07 bits per heavy atom. The number of unbranched alkanes of at least 4 members (excludes halogenated alkanes) is 1. The maximum absolute atomic E-state index is 12.9. The molecule has 1 aliphatic heterocycles. The Kier molecular flexibility index (Phi) is 7.00. The number of benzene rings is 1. The molecule has 0 spiro atoms. The van der Waals surface area contributed by atoms with E-state index in [1.807, 2.05) is 19.1 Å². The van der Waals surface area contributed by atoms with Gasteiger partial charge in [-0.2, -0.15) is 0 Å². The van der Waals surface area contributed by atoms with Crippen LogP contribution in [0.2, 0.25) is 0 Å². The molecular formula is C20H27N3O4S2. The molecule has 1 unspecified atom stereocenters. The Hall–Kier alpha value is -1.87. The van der Waals surface area contributed by atoms with Gasteiger partial charge in [-0.25, -0.2) is 13.4 Å². The summed E-state index contributed by atoms with van der Waals surface area (Å²) in [5, 5.41) is 1.11. The maximum atomic E-state index is 12.9. The second kappa shape index (κ2) is 9.30. The first kappa shape index (κ1) is 21.8. The van der Waals surface area contributed by atoms with Crippen molar-refractivity contribution >= 4 is 38.4 Å². The number of rotatable bonds is 8. The number of sulfone groups is 1. The van der Waals surface area contributed by atoms with Gasteiger partial charge in [0.25, 0.3) is 5.56 Å². The van der Waals surface area contributed by atoms with E-state index in [1.54, 1.807) is 21.6 Å². The van der Waals surface area contributed by atoms with Crippen molar-refractivity contribution in [3.63, 3.8) is 0 Å². The first-order valence-corrected chi connectivity index (χ1v) is 12.8. The monoisotopic (exact) mass is 437 g/mol. The molecule has 1 atom stereocenters. The maximum Gasteiger partial charge on any atom is 0.262 e. The Balaban J connectivity index is 1.81. The molecule has 9 heteroatoms. The SMILES string of the molecule is CCCCn1c(SCC(=O)N(CC)C2CCS(=O)(=O)C2)nc2ccccc2c1=O. The molecule has 1 aromatic carbocycles. The third-order valence-electron chi connectivity index (χ3n) is 5.20. The molecule has 0 aliphatic carbocycles. The van der Waals surface area contributed by atoms with Crippen LogP contribution in [-0.2, 0) is 21.2 Å². The van der Waals surface area contributed by atoms with Crippen LogP contribution in [0.1, 0.15) is 33.1 Å². The molecule has 0 saturated carbocycles. The summed E-state index contributed by atoms with van der Waals surface area (Å²) in [5.74, 6) is 0.176. The van der Waals surface area contributed by atoms with Gasteiger partial charge in [0.05, 0.1) is 28.2 Å². The number of fused-ring (bicyclic) bond motifs is 1. The fourth-order valence-electron chi connectivity index (χ4n) is 3.64. The van der Waals surface area contributed by atoms with Crippen LogP contribution in [0.4, 0.5) is 0 Å². The average Bonchev–Trinajstić information content (AvgIpc) is 3.05. The number of carbonyl (C=O) groups is 1. The summed E-state index contributed by atoms with van der Waals surface area (Å²) in [5.41, 5.74) is 0.530. The molecule has 2 aromatic rings. The topological polar surface area (TPSA) is 89.3 Å². The molecule has 0 radical (unpaired) electrons. The van der Waals surface area contributed by atoms with Crippen LogP contribution in [0.15, 0.2) is 34.2 Å². The van der Waals surface area contributed by atoms with Crippen molar-refractivity contribution in [1.82, 2.24) is 14.5 Å². The lowest BCUT2D eigenvalue weighted by molar-refractivity contribution is -0.129. The zero-order valence-corrected chi connectivity index (χ0v) is 18.5. The quantitative estimate of drug-likeness (QED) is 0.465. The van der Waals surface area contributed by atoms with E-state index in [-0.39, 0.29) is 34.8 Å². The van der Waals surface area contributed by atoms with Crippen LogP contribution in [0, 0.1) is 0 Å². The van der Waals surface area contributed by atoms with Crippen molar-refractivity contribution in [2.24, 2.45) is 0 Å². The summed E-state index contributed by atoms with van der Waals surface area (Å²) in [6.07, 6.45) is 2.28. The minimum atomic E-state index is -3.06. The van der Waals surface area contributed by atoms with E-state index in [4.69, 9.17) is 0 Å². The molecule has 158 valence electrons. The van der Waals surface area contributed by atoms with Crippen molar-refractivity contribution in [3.8, 4) is 0 Å². The van der Waals surface area contributed by atoms with E-state index in [2.05, 4.69) is 11.9 Å². The minimum absolute atomic E-state index is 0.0344. The summed E-state index contributed by atoms with van der Waals surface area (Å²) in [6.45, 7) is 4.94. The molecular weight excluding hydrogens is 410 g/mol. The van der Waals surface area contributed by atoms with Gasteiger partial charge in [-0.15, -0.1) is 0 Å². The Morgan fingerprint density at radius 3 is 2.72 bits per heavy atom. The summed E-state index contributed by atoms with van der Waals surface area (Å²) in [6, 6.07) is 6.97. The number of aromatic nitrogens is 2. The van der Waals surface area contributed by atoms with Crippen LogP contribution in [0.5, 0.6) is 0 Å². The molecule has 29 heavy (non-hydrogen) atoms. The molecule has 7 nitrogen and oxygen atoms in total. The van der Waals surface area contributed by atoms with Crippen molar-refractivity contribution < 1.29 is 13.2 Å². The van der Waals surface area contributed by atoms with E-state index in [1.165, 1.54) is 11.8 Å². The molecule has 1 amide bonds. The minimum Gasteiger partial charge on any atom is -0.338 e. The molecule has 1 aromatic heterocycles. The number of para-hydroxylation sites is 1. The molecule has 2 heterocycles. The van der Waals surface area contributed by atoms with Gasteiger partial charge in [-0.1, -0.05) is 37.2 Å². The predicted molar refractivity (Wildman–Crippen MR) is 116 cm³/mol. The van der Waals surface area contributed by atoms with E-state index in [9.17, 15) is 18.0 Å². The predicted octanol–water partition coefficient (Wildman–Crippen LogP) is 2.32. The highest BCUT2D eigenvalue weighted by Crippen LogP contribution is 2.22. The number of hydrogen-bond donors (Lipinski definition) is 0. The second-order valence-electron chi connectivity index (χ2n) is 7.25. The van der Waals surface area contributed by atoms with Gasteiger partial charge >= 0.3 is 0 Å². The lowest BCUT2D eigenvalue weighted by Gasteiger charge is -2.26. The third-order valence-corrected chi connectivity index (χ3v) is 7.91. The lowest BCUT2D eigenvalue weighted by Crippen LogP contribution is -2.42. The fourth-order valence-corrected chi connectivity index (χ4v) is 6.28.